The Morgan fingerprint density at radius 1 is 1.40 bits per heavy atom. The summed E-state index contributed by atoms with van der Waals surface area (Å²) in [5.41, 5.74) is 1.41. The molecule has 0 aliphatic carbocycles. The largest absolute Gasteiger partial charge is 0.478 e. The van der Waals surface area contributed by atoms with Crippen molar-refractivity contribution in [3.05, 3.63) is 33.4 Å². The van der Waals surface area contributed by atoms with Crippen LogP contribution in [0.5, 0.6) is 0 Å². The van der Waals surface area contributed by atoms with Crippen molar-refractivity contribution in [2.45, 2.75) is 6.92 Å². The Bertz CT molecular complexity index is 560. The van der Waals surface area contributed by atoms with Crippen molar-refractivity contribution in [2.24, 2.45) is 0 Å². The molecule has 0 bridgehead atoms. The van der Waals surface area contributed by atoms with Crippen molar-refractivity contribution in [1.29, 1.82) is 0 Å². The molecule has 0 radical (unpaired) electrons. The summed E-state index contributed by atoms with van der Waals surface area (Å²) in [6.45, 7) is 1.69. The molecule has 2 aromatic rings. The number of hydrogen-bond acceptors (Lipinski definition) is 1. The summed E-state index contributed by atoms with van der Waals surface area (Å²) in [6.07, 6.45) is 0. The highest BCUT2D eigenvalue weighted by molar-refractivity contribution is 6.39. The first kappa shape index (κ1) is 10.3. The first-order valence-electron chi connectivity index (χ1n) is 4.21. The predicted octanol–water partition coefficient (Wildman–Crippen LogP) is 3.48. The van der Waals surface area contributed by atoms with Gasteiger partial charge in [0.15, 0.2) is 0 Å². The molecule has 0 saturated heterocycles. The highest BCUT2D eigenvalue weighted by Gasteiger charge is 2.17. The van der Waals surface area contributed by atoms with Crippen LogP contribution in [0, 0.1) is 6.92 Å². The van der Waals surface area contributed by atoms with Crippen molar-refractivity contribution in [3.63, 3.8) is 0 Å². The van der Waals surface area contributed by atoms with Gasteiger partial charge in [0.25, 0.3) is 0 Å². The van der Waals surface area contributed by atoms with E-state index in [1.165, 1.54) is 6.07 Å². The summed E-state index contributed by atoms with van der Waals surface area (Å²) in [4.78, 5) is 14.0. The number of carbonyl (C=O) groups is 1. The topological polar surface area (TPSA) is 53.1 Å². The SMILES string of the molecule is Cc1[nH]c2cc(Cl)cc(Cl)c2c1C(=O)O. The van der Waals surface area contributed by atoms with Crippen LogP contribution in [0.2, 0.25) is 10.0 Å². The Morgan fingerprint density at radius 3 is 2.67 bits per heavy atom. The molecule has 0 amide bonds. The van der Waals surface area contributed by atoms with E-state index in [1.54, 1.807) is 13.0 Å². The highest BCUT2D eigenvalue weighted by Crippen LogP contribution is 2.32. The number of rotatable bonds is 1. The van der Waals surface area contributed by atoms with E-state index >= 15 is 0 Å². The monoisotopic (exact) mass is 243 g/mol. The summed E-state index contributed by atoms with van der Waals surface area (Å²) in [5.74, 6) is -0.997. The number of carboxylic acid groups (broad SMARTS) is 1. The van der Waals surface area contributed by atoms with E-state index < -0.39 is 5.97 Å². The Hall–Kier alpha value is -1.19. The molecule has 0 unspecified atom stereocenters. The van der Waals surface area contributed by atoms with Crippen molar-refractivity contribution in [2.75, 3.05) is 0 Å². The standard InChI is InChI=1S/C10H7Cl2NO2/c1-4-8(10(14)15)9-6(12)2-5(11)3-7(9)13-4/h2-3,13H,1H3,(H,14,15). The number of H-pyrrole nitrogens is 1. The molecule has 0 atom stereocenters. The second-order valence-corrected chi connectivity index (χ2v) is 4.08. The number of fused-ring (bicyclic) bond motifs is 1. The van der Waals surface area contributed by atoms with Gasteiger partial charge in [-0.1, -0.05) is 23.2 Å². The fourth-order valence-electron chi connectivity index (χ4n) is 1.65. The van der Waals surface area contributed by atoms with Gasteiger partial charge in [-0.05, 0) is 19.1 Å². The molecule has 1 aromatic heterocycles. The number of carboxylic acids is 1. The van der Waals surface area contributed by atoms with Crippen molar-refractivity contribution in [3.8, 4) is 0 Å². The zero-order valence-corrected chi connectivity index (χ0v) is 9.28. The third kappa shape index (κ3) is 1.58. The van der Waals surface area contributed by atoms with Crippen LogP contribution in [0.25, 0.3) is 10.9 Å². The molecule has 0 fully saturated rings. The molecule has 78 valence electrons. The van der Waals surface area contributed by atoms with Crippen LogP contribution in [-0.2, 0) is 0 Å². The second kappa shape index (κ2) is 3.43. The van der Waals surface area contributed by atoms with Gasteiger partial charge in [0.2, 0.25) is 0 Å². The summed E-state index contributed by atoms with van der Waals surface area (Å²) in [5, 5.41) is 10.4. The van der Waals surface area contributed by atoms with Gasteiger partial charge >= 0.3 is 5.97 Å². The lowest BCUT2D eigenvalue weighted by atomic mass is 10.1. The Morgan fingerprint density at radius 2 is 2.07 bits per heavy atom. The maximum absolute atomic E-state index is 11.0. The van der Waals surface area contributed by atoms with E-state index in [9.17, 15) is 4.79 Å². The predicted molar refractivity (Wildman–Crippen MR) is 60.0 cm³/mol. The van der Waals surface area contributed by atoms with Gasteiger partial charge in [-0.2, -0.15) is 0 Å². The molecule has 0 spiro atoms. The Kier molecular flexibility index (Phi) is 2.37. The highest BCUT2D eigenvalue weighted by atomic mass is 35.5. The first-order chi connectivity index (χ1) is 7.00. The molecular formula is C10H7Cl2NO2. The van der Waals surface area contributed by atoms with Crippen LogP contribution in [0.3, 0.4) is 0 Å². The van der Waals surface area contributed by atoms with Crippen molar-refractivity contribution < 1.29 is 9.90 Å². The molecule has 0 aliphatic heterocycles. The fraction of sp³-hybridized carbons (Fsp3) is 0.100. The Balaban J connectivity index is 2.93. The molecule has 15 heavy (non-hydrogen) atoms. The van der Waals surface area contributed by atoms with E-state index in [2.05, 4.69) is 4.98 Å². The van der Waals surface area contributed by atoms with E-state index in [0.29, 0.717) is 26.6 Å². The maximum Gasteiger partial charge on any atom is 0.338 e. The normalized spacial score (nSPS) is 10.9. The minimum Gasteiger partial charge on any atom is -0.478 e. The number of benzene rings is 1. The minimum absolute atomic E-state index is 0.201. The molecule has 1 aromatic carbocycles. The third-order valence-electron chi connectivity index (χ3n) is 2.22. The van der Waals surface area contributed by atoms with Crippen LogP contribution in [-0.4, -0.2) is 16.1 Å². The molecule has 0 saturated carbocycles. The smallest absolute Gasteiger partial charge is 0.338 e. The lowest BCUT2D eigenvalue weighted by Crippen LogP contribution is -1.97. The van der Waals surface area contributed by atoms with Crippen LogP contribution in [0.1, 0.15) is 16.1 Å². The van der Waals surface area contributed by atoms with Crippen LogP contribution < -0.4 is 0 Å². The van der Waals surface area contributed by atoms with Gasteiger partial charge in [0.1, 0.15) is 0 Å². The van der Waals surface area contributed by atoms with Gasteiger partial charge in [0.05, 0.1) is 10.6 Å². The number of hydrogen-bond donors (Lipinski definition) is 2. The molecule has 2 N–H and O–H groups in total. The van der Waals surface area contributed by atoms with E-state index in [1.807, 2.05) is 0 Å². The third-order valence-corrected chi connectivity index (χ3v) is 2.73. The minimum atomic E-state index is -0.997. The molecule has 2 rings (SSSR count). The molecule has 0 aliphatic rings. The van der Waals surface area contributed by atoms with Gasteiger partial charge in [-0.3, -0.25) is 0 Å². The second-order valence-electron chi connectivity index (χ2n) is 3.24. The summed E-state index contributed by atoms with van der Waals surface area (Å²) in [6, 6.07) is 3.19. The summed E-state index contributed by atoms with van der Waals surface area (Å²) in [7, 11) is 0. The van der Waals surface area contributed by atoms with Gasteiger partial charge in [-0.15, -0.1) is 0 Å². The quantitative estimate of drug-likeness (QED) is 0.806. The Labute approximate surface area is 95.6 Å². The van der Waals surface area contributed by atoms with Gasteiger partial charge in [0, 0.05) is 21.6 Å². The van der Waals surface area contributed by atoms with Crippen molar-refractivity contribution >= 4 is 40.1 Å². The maximum atomic E-state index is 11.0. The molecular weight excluding hydrogens is 237 g/mol. The van der Waals surface area contributed by atoms with Crippen LogP contribution in [0.15, 0.2) is 12.1 Å². The number of halogens is 2. The first-order valence-corrected chi connectivity index (χ1v) is 4.97. The zero-order valence-electron chi connectivity index (χ0n) is 7.77. The van der Waals surface area contributed by atoms with Crippen LogP contribution >= 0.6 is 23.2 Å². The number of nitrogens with one attached hydrogen (secondary N) is 1. The van der Waals surface area contributed by atoms with E-state index in [4.69, 9.17) is 28.3 Å². The van der Waals surface area contributed by atoms with E-state index in [0.717, 1.165) is 0 Å². The summed E-state index contributed by atoms with van der Waals surface area (Å²) >= 11 is 11.8. The van der Waals surface area contributed by atoms with Crippen LogP contribution in [0.4, 0.5) is 0 Å². The fourth-order valence-corrected chi connectivity index (χ4v) is 2.23. The molecule has 5 heteroatoms. The lowest BCUT2D eigenvalue weighted by Gasteiger charge is -1.97. The molecule has 3 nitrogen and oxygen atoms in total. The lowest BCUT2D eigenvalue weighted by molar-refractivity contribution is 0.0698. The molecule has 1 heterocycles. The van der Waals surface area contributed by atoms with Gasteiger partial charge < -0.3 is 10.1 Å². The zero-order chi connectivity index (χ0) is 11.2. The number of aromatic nitrogens is 1. The van der Waals surface area contributed by atoms with Crippen molar-refractivity contribution in [1.82, 2.24) is 4.98 Å². The van der Waals surface area contributed by atoms with E-state index in [-0.39, 0.29) is 5.56 Å². The van der Waals surface area contributed by atoms with Gasteiger partial charge in [-0.25, -0.2) is 4.79 Å². The number of aryl methyl sites for hydroxylation is 1. The average Bonchev–Trinajstić information content (AvgIpc) is 2.40. The summed E-state index contributed by atoms with van der Waals surface area (Å²) < 4.78 is 0. The average molecular weight is 244 g/mol. The number of aromatic amines is 1. The number of aromatic carboxylic acids is 1.